The number of aryl methyl sites for hydroxylation is 1. The SMILES string of the molecule is COC(=O)CCc1c(-c2ccsc2)c(C(N)=O)c(C)n1CCc1ccc(OC)c(OC)c1. The number of hydrogen-bond donors (Lipinski definition) is 1. The second-order valence-corrected chi connectivity index (χ2v) is 8.11. The van der Waals surface area contributed by atoms with Gasteiger partial charge in [-0.2, -0.15) is 11.3 Å². The Labute approximate surface area is 191 Å². The number of nitrogens with two attached hydrogens (primary N) is 1. The fraction of sp³-hybridized carbons (Fsp3) is 0.333. The monoisotopic (exact) mass is 456 g/mol. The zero-order valence-corrected chi connectivity index (χ0v) is 19.6. The maximum atomic E-state index is 12.4. The van der Waals surface area contributed by atoms with Gasteiger partial charge in [0.05, 0.1) is 33.3 Å². The molecule has 32 heavy (non-hydrogen) atoms. The average Bonchev–Trinajstić information content (AvgIpc) is 3.41. The highest BCUT2D eigenvalue weighted by atomic mass is 32.1. The highest BCUT2D eigenvalue weighted by Gasteiger charge is 2.25. The van der Waals surface area contributed by atoms with Crippen molar-refractivity contribution in [2.24, 2.45) is 5.73 Å². The molecular weight excluding hydrogens is 428 g/mol. The fourth-order valence-corrected chi connectivity index (χ4v) is 4.63. The summed E-state index contributed by atoms with van der Waals surface area (Å²) in [5.74, 6) is 0.555. The smallest absolute Gasteiger partial charge is 0.305 e. The van der Waals surface area contributed by atoms with Gasteiger partial charge in [0.15, 0.2) is 11.5 Å². The predicted octanol–water partition coefficient (Wildman–Crippen LogP) is 3.99. The quantitative estimate of drug-likeness (QED) is 0.466. The van der Waals surface area contributed by atoms with Crippen molar-refractivity contribution >= 4 is 23.2 Å². The lowest BCUT2D eigenvalue weighted by atomic mass is 10.0. The third-order valence-corrected chi connectivity index (χ3v) is 6.24. The van der Waals surface area contributed by atoms with Gasteiger partial charge in [-0.3, -0.25) is 9.59 Å². The molecule has 0 atom stereocenters. The number of rotatable bonds is 10. The van der Waals surface area contributed by atoms with Crippen LogP contribution in [0.4, 0.5) is 0 Å². The Bertz CT molecular complexity index is 1100. The molecule has 2 heterocycles. The molecular formula is C24H28N2O5S. The highest BCUT2D eigenvalue weighted by molar-refractivity contribution is 7.08. The lowest BCUT2D eigenvalue weighted by molar-refractivity contribution is -0.140. The summed E-state index contributed by atoms with van der Waals surface area (Å²) in [6.07, 6.45) is 1.35. The molecule has 0 fully saturated rings. The minimum atomic E-state index is -0.479. The van der Waals surface area contributed by atoms with Gasteiger partial charge in [0, 0.05) is 23.5 Å². The predicted molar refractivity (Wildman–Crippen MR) is 125 cm³/mol. The maximum absolute atomic E-state index is 12.4. The molecule has 8 heteroatoms. The van der Waals surface area contributed by atoms with E-state index in [2.05, 4.69) is 4.57 Å². The summed E-state index contributed by atoms with van der Waals surface area (Å²) in [5.41, 5.74) is 10.8. The van der Waals surface area contributed by atoms with Crippen molar-refractivity contribution in [2.45, 2.75) is 32.7 Å². The third kappa shape index (κ3) is 4.80. The van der Waals surface area contributed by atoms with E-state index < -0.39 is 5.91 Å². The van der Waals surface area contributed by atoms with Crippen molar-refractivity contribution < 1.29 is 23.8 Å². The molecule has 0 bridgehead atoms. The number of methoxy groups -OCH3 is 3. The average molecular weight is 457 g/mol. The van der Waals surface area contributed by atoms with Crippen molar-refractivity contribution in [1.82, 2.24) is 4.57 Å². The Hall–Kier alpha value is -3.26. The molecule has 1 amide bonds. The first kappa shape index (κ1) is 23.4. The highest BCUT2D eigenvalue weighted by Crippen LogP contribution is 2.35. The minimum Gasteiger partial charge on any atom is -0.493 e. The molecule has 0 aliphatic carbocycles. The molecule has 0 saturated heterocycles. The van der Waals surface area contributed by atoms with Crippen molar-refractivity contribution in [3.63, 3.8) is 0 Å². The number of esters is 1. The lowest BCUT2D eigenvalue weighted by Crippen LogP contribution is -2.14. The molecule has 2 aromatic heterocycles. The Balaban J connectivity index is 2.03. The first-order chi connectivity index (χ1) is 15.4. The Morgan fingerprint density at radius 3 is 2.41 bits per heavy atom. The molecule has 0 unspecified atom stereocenters. The molecule has 0 aliphatic heterocycles. The molecule has 0 spiro atoms. The van der Waals surface area contributed by atoms with E-state index in [4.69, 9.17) is 19.9 Å². The topological polar surface area (TPSA) is 92.8 Å². The van der Waals surface area contributed by atoms with Gasteiger partial charge in [-0.15, -0.1) is 0 Å². The van der Waals surface area contributed by atoms with Crippen LogP contribution in [0.2, 0.25) is 0 Å². The number of primary amides is 1. The fourth-order valence-electron chi connectivity index (χ4n) is 3.98. The molecule has 3 rings (SSSR count). The van der Waals surface area contributed by atoms with Crippen molar-refractivity contribution in [3.8, 4) is 22.6 Å². The van der Waals surface area contributed by atoms with Crippen molar-refractivity contribution in [1.29, 1.82) is 0 Å². The Morgan fingerprint density at radius 2 is 1.81 bits per heavy atom. The van der Waals surface area contributed by atoms with Gasteiger partial charge in [-0.1, -0.05) is 6.07 Å². The molecule has 170 valence electrons. The van der Waals surface area contributed by atoms with E-state index >= 15 is 0 Å². The van der Waals surface area contributed by atoms with Crippen LogP contribution >= 0.6 is 11.3 Å². The van der Waals surface area contributed by atoms with E-state index in [9.17, 15) is 9.59 Å². The number of nitrogens with zero attached hydrogens (tertiary/aromatic N) is 1. The van der Waals surface area contributed by atoms with Gasteiger partial charge in [0.1, 0.15) is 0 Å². The Kier molecular flexibility index (Phi) is 7.58. The number of aromatic nitrogens is 1. The number of thiophene rings is 1. The van der Waals surface area contributed by atoms with Gasteiger partial charge < -0.3 is 24.5 Å². The van der Waals surface area contributed by atoms with Gasteiger partial charge in [0.25, 0.3) is 5.91 Å². The third-order valence-electron chi connectivity index (χ3n) is 5.55. The summed E-state index contributed by atoms with van der Waals surface area (Å²) in [5, 5.41) is 3.95. The molecule has 0 aliphatic rings. The lowest BCUT2D eigenvalue weighted by Gasteiger charge is -2.14. The zero-order valence-electron chi connectivity index (χ0n) is 18.8. The summed E-state index contributed by atoms with van der Waals surface area (Å²) in [6, 6.07) is 7.77. The van der Waals surface area contributed by atoms with Crippen LogP contribution in [-0.4, -0.2) is 37.8 Å². The largest absolute Gasteiger partial charge is 0.493 e. The van der Waals surface area contributed by atoms with Crippen molar-refractivity contribution in [3.05, 3.63) is 57.5 Å². The minimum absolute atomic E-state index is 0.214. The van der Waals surface area contributed by atoms with Gasteiger partial charge in [-0.05, 0) is 59.9 Å². The second kappa shape index (κ2) is 10.4. The summed E-state index contributed by atoms with van der Waals surface area (Å²) >= 11 is 1.55. The number of hydrogen-bond acceptors (Lipinski definition) is 6. The summed E-state index contributed by atoms with van der Waals surface area (Å²) in [4.78, 5) is 24.3. The molecule has 0 saturated carbocycles. The molecule has 3 aromatic rings. The first-order valence-electron chi connectivity index (χ1n) is 10.2. The first-order valence-corrected chi connectivity index (χ1v) is 11.2. The summed E-state index contributed by atoms with van der Waals surface area (Å²) < 4.78 is 17.7. The van der Waals surface area contributed by atoms with Crippen LogP contribution in [0.3, 0.4) is 0 Å². The van der Waals surface area contributed by atoms with E-state index in [0.29, 0.717) is 36.4 Å². The van der Waals surface area contributed by atoms with Gasteiger partial charge in [-0.25, -0.2) is 0 Å². The Morgan fingerprint density at radius 1 is 1.06 bits per heavy atom. The second-order valence-electron chi connectivity index (χ2n) is 7.33. The van der Waals surface area contributed by atoms with Crippen LogP contribution in [0.1, 0.15) is 33.7 Å². The molecule has 0 radical (unpaired) electrons. The van der Waals surface area contributed by atoms with Crippen LogP contribution in [0.25, 0.3) is 11.1 Å². The standard InChI is InChI=1S/C24H28N2O5S/c1-15-22(24(25)28)23(17-10-12-32-14-17)18(6-8-21(27)31-4)26(15)11-9-16-5-7-19(29-2)20(13-16)30-3/h5,7,10,12-14H,6,8-9,11H2,1-4H3,(H2,25,28). The van der Waals surface area contributed by atoms with Crippen molar-refractivity contribution in [2.75, 3.05) is 21.3 Å². The number of carbonyl (C=O) groups is 2. The van der Waals surface area contributed by atoms with Crippen LogP contribution in [0.5, 0.6) is 11.5 Å². The summed E-state index contributed by atoms with van der Waals surface area (Å²) in [6.45, 7) is 2.51. The number of ether oxygens (including phenoxy) is 3. The van der Waals surface area contributed by atoms with Gasteiger partial charge >= 0.3 is 5.97 Å². The number of carbonyl (C=O) groups excluding carboxylic acids is 2. The number of benzene rings is 1. The van der Waals surface area contributed by atoms with Gasteiger partial charge in [0.2, 0.25) is 0 Å². The number of amides is 1. The molecule has 1 aromatic carbocycles. The normalized spacial score (nSPS) is 10.8. The summed E-state index contributed by atoms with van der Waals surface area (Å²) in [7, 11) is 4.58. The molecule has 2 N–H and O–H groups in total. The molecule has 7 nitrogen and oxygen atoms in total. The van der Waals surface area contributed by atoms with Crippen LogP contribution in [0, 0.1) is 6.92 Å². The van der Waals surface area contributed by atoms with E-state index in [1.54, 1.807) is 25.6 Å². The maximum Gasteiger partial charge on any atom is 0.305 e. The van der Waals surface area contributed by atoms with E-state index in [1.165, 1.54) is 7.11 Å². The van der Waals surface area contributed by atoms with Crippen LogP contribution < -0.4 is 15.2 Å². The van der Waals surface area contributed by atoms with E-state index in [1.807, 2.05) is 41.9 Å². The van der Waals surface area contributed by atoms with Crippen LogP contribution in [-0.2, 0) is 28.9 Å². The van der Waals surface area contributed by atoms with E-state index in [-0.39, 0.29) is 12.4 Å². The van der Waals surface area contributed by atoms with E-state index in [0.717, 1.165) is 28.1 Å². The van der Waals surface area contributed by atoms with Crippen LogP contribution in [0.15, 0.2) is 35.0 Å². The zero-order chi connectivity index (χ0) is 23.3.